The van der Waals surface area contributed by atoms with E-state index in [-0.39, 0.29) is 0 Å². The van der Waals surface area contributed by atoms with E-state index in [4.69, 9.17) is 9.72 Å². The van der Waals surface area contributed by atoms with Crippen molar-refractivity contribution < 1.29 is 4.74 Å². The lowest BCUT2D eigenvalue weighted by Crippen LogP contribution is -2.14. The number of ether oxygens (including phenoxy) is 1. The van der Waals surface area contributed by atoms with Crippen LogP contribution in [0.15, 0.2) is 176 Å². The number of rotatable bonds is 6. The van der Waals surface area contributed by atoms with E-state index in [9.17, 15) is 0 Å². The smallest absolute Gasteiger partial charge is 0.154 e. The molecule has 0 aliphatic carbocycles. The van der Waals surface area contributed by atoms with Crippen LogP contribution in [0, 0.1) is 0 Å². The molecule has 1 aliphatic heterocycles. The molecule has 0 N–H and O–H groups in total. The van der Waals surface area contributed by atoms with Gasteiger partial charge in [-0.2, -0.15) is 0 Å². The average molecular weight is 618 g/mol. The third-order valence-electron chi connectivity index (χ3n) is 9.06. The number of nitrogens with zero attached hydrogens (tertiary/aromatic N) is 3. The summed E-state index contributed by atoms with van der Waals surface area (Å²) in [6.07, 6.45) is 0.795. The summed E-state index contributed by atoms with van der Waals surface area (Å²) in [5, 5.41) is 0. The zero-order valence-electron chi connectivity index (χ0n) is 26.2. The van der Waals surface area contributed by atoms with Crippen LogP contribution in [-0.4, -0.2) is 9.55 Å². The van der Waals surface area contributed by atoms with Crippen molar-refractivity contribution in [3.8, 4) is 39.7 Å². The number of benzene rings is 7. The molecule has 0 unspecified atom stereocenters. The predicted molar refractivity (Wildman–Crippen MR) is 196 cm³/mol. The maximum absolute atomic E-state index is 6.99. The van der Waals surface area contributed by atoms with Gasteiger partial charge >= 0.3 is 0 Å². The van der Waals surface area contributed by atoms with E-state index in [0.717, 1.165) is 74.2 Å². The maximum Gasteiger partial charge on any atom is 0.154 e. The third-order valence-corrected chi connectivity index (χ3v) is 9.06. The van der Waals surface area contributed by atoms with Gasteiger partial charge in [-0.05, 0) is 65.7 Å². The Hall–Kier alpha value is -6.39. The fraction of sp³-hybridized carbons (Fsp3) is 0.0227. The quantitative estimate of drug-likeness (QED) is 0.186. The first-order valence-electron chi connectivity index (χ1n) is 16.3. The normalized spacial score (nSPS) is 11.8. The van der Waals surface area contributed by atoms with Gasteiger partial charge < -0.3 is 9.64 Å². The Morgan fingerprint density at radius 2 is 1.08 bits per heavy atom. The van der Waals surface area contributed by atoms with Crippen molar-refractivity contribution in [2.45, 2.75) is 6.42 Å². The first-order chi connectivity index (χ1) is 23.8. The predicted octanol–water partition coefficient (Wildman–Crippen LogP) is 11.5. The van der Waals surface area contributed by atoms with Crippen molar-refractivity contribution in [3.05, 3.63) is 187 Å². The van der Waals surface area contributed by atoms with Crippen LogP contribution >= 0.6 is 0 Å². The Bertz CT molecular complexity index is 2340. The monoisotopic (exact) mass is 617 g/mol. The zero-order valence-corrected chi connectivity index (χ0v) is 26.2. The van der Waals surface area contributed by atoms with Crippen molar-refractivity contribution in [1.82, 2.24) is 9.55 Å². The molecule has 0 saturated heterocycles. The van der Waals surface area contributed by atoms with Crippen LogP contribution in [0.5, 0.6) is 11.5 Å². The molecule has 4 heteroatoms. The van der Waals surface area contributed by atoms with Gasteiger partial charge in [-0.1, -0.05) is 121 Å². The minimum absolute atomic E-state index is 0.795. The van der Waals surface area contributed by atoms with Crippen LogP contribution in [0.3, 0.4) is 0 Å². The van der Waals surface area contributed by atoms with E-state index in [1.807, 2.05) is 12.1 Å². The number of para-hydroxylation sites is 7. The largest absolute Gasteiger partial charge is 0.454 e. The first kappa shape index (κ1) is 27.9. The van der Waals surface area contributed by atoms with Crippen LogP contribution in [-0.2, 0) is 6.42 Å². The molecule has 228 valence electrons. The van der Waals surface area contributed by atoms with Crippen molar-refractivity contribution in [3.63, 3.8) is 0 Å². The molecule has 0 atom stereocenters. The van der Waals surface area contributed by atoms with Gasteiger partial charge in [0.25, 0.3) is 0 Å². The van der Waals surface area contributed by atoms with Gasteiger partial charge in [0.05, 0.1) is 16.7 Å². The van der Waals surface area contributed by atoms with Gasteiger partial charge in [0, 0.05) is 40.2 Å². The summed E-state index contributed by atoms with van der Waals surface area (Å²) in [5.74, 6) is 2.71. The molecule has 9 rings (SSSR count). The zero-order chi connectivity index (χ0) is 31.9. The highest BCUT2D eigenvalue weighted by Crippen LogP contribution is 2.49. The fourth-order valence-corrected chi connectivity index (χ4v) is 6.82. The standard InChI is InChI=1S/C44H31N3O/c1-4-16-35(17-5-1)46(36-18-6-2-7-19-36)41-25-13-15-34-30-33-14-12-22-38(42(33)48-43(34)41)31-26-28-32(29-27-31)44-45-39-23-10-11-24-40(39)47(44)37-20-8-3-9-21-37/h1-29H,30H2. The van der Waals surface area contributed by atoms with Crippen molar-refractivity contribution in [2.24, 2.45) is 0 Å². The molecule has 48 heavy (non-hydrogen) atoms. The van der Waals surface area contributed by atoms with Gasteiger partial charge in [-0.25, -0.2) is 4.98 Å². The second-order valence-corrected chi connectivity index (χ2v) is 12.0. The minimum atomic E-state index is 0.795. The number of aromatic nitrogens is 2. The minimum Gasteiger partial charge on any atom is -0.454 e. The van der Waals surface area contributed by atoms with E-state index < -0.39 is 0 Å². The van der Waals surface area contributed by atoms with Gasteiger partial charge in [0.15, 0.2) is 5.75 Å². The Morgan fingerprint density at radius 1 is 0.500 bits per heavy atom. The Kier molecular flexibility index (Phi) is 6.83. The van der Waals surface area contributed by atoms with Crippen molar-refractivity contribution in [1.29, 1.82) is 0 Å². The second kappa shape index (κ2) is 11.8. The highest BCUT2D eigenvalue weighted by molar-refractivity contribution is 5.85. The lowest BCUT2D eigenvalue weighted by molar-refractivity contribution is 0.463. The summed E-state index contributed by atoms with van der Waals surface area (Å²) < 4.78 is 9.23. The van der Waals surface area contributed by atoms with Crippen molar-refractivity contribution >= 4 is 28.1 Å². The number of hydrogen-bond acceptors (Lipinski definition) is 3. The van der Waals surface area contributed by atoms with E-state index in [2.05, 4.69) is 173 Å². The van der Waals surface area contributed by atoms with Gasteiger partial charge in [0.2, 0.25) is 0 Å². The molecule has 4 nitrogen and oxygen atoms in total. The molecule has 0 saturated carbocycles. The van der Waals surface area contributed by atoms with Gasteiger partial charge in [-0.15, -0.1) is 0 Å². The molecule has 7 aromatic carbocycles. The summed E-state index contributed by atoms with van der Waals surface area (Å²) in [6.45, 7) is 0. The first-order valence-corrected chi connectivity index (χ1v) is 16.3. The molecule has 0 fully saturated rings. The highest BCUT2D eigenvalue weighted by Gasteiger charge is 2.26. The molecule has 1 aliphatic rings. The van der Waals surface area contributed by atoms with Crippen LogP contribution in [0.25, 0.3) is 39.2 Å². The lowest BCUT2D eigenvalue weighted by Gasteiger charge is -2.31. The van der Waals surface area contributed by atoms with Crippen LogP contribution < -0.4 is 9.64 Å². The molecule has 2 heterocycles. The Balaban J connectivity index is 1.12. The molecule has 8 aromatic rings. The lowest BCUT2D eigenvalue weighted by atomic mass is 9.94. The molecule has 0 radical (unpaired) electrons. The average Bonchev–Trinajstić information content (AvgIpc) is 3.55. The summed E-state index contributed by atoms with van der Waals surface area (Å²) in [7, 11) is 0. The van der Waals surface area contributed by atoms with E-state index >= 15 is 0 Å². The summed E-state index contributed by atoms with van der Waals surface area (Å²) in [5.41, 5.74) is 11.9. The summed E-state index contributed by atoms with van der Waals surface area (Å²) in [6, 6.07) is 61.4. The molecule has 1 aromatic heterocycles. The van der Waals surface area contributed by atoms with Gasteiger partial charge in [0.1, 0.15) is 11.6 Å². The number of anilines is 3. The van der Waals surface area contributed by atoms with E-state index in [1.54, 1.807) is 0 Å². The SMILES string of the molecule is c1ccc(N(c2ccccc2)c2cccc3c2Oc2c(cccc2-c2ccc(-c4nc5ccccc5n4-c4ccccc4)cc2)C3)cc1. The summed E-state index contributed by atoms with van der Waals surface area (Å²) in [4.78, 5) is 7.34. The Morgan fingerprint density at radius 3 is 1.79 bits per heavy atom. The fourth-order valence-electron chi connectivity index (χ4n) is 6.82. The molecule has 0 amide bonds. The number of hydrogen-bond donors (Lipinski definition) is 0. The number of fused-ring (bicyclic) bond motifs is 3. The van der Waals surface area contributed by atoms with E-state index in [0.29, 0.717) is 0 Å². The third kappa shape index (κ3) is 4.83. The molecular formula is C44H31N3O. The maximum atomic E-state index is 6.99. The molecular weight excluding hydrogens is 587 g/mol. The van der Waals surface area contributed by atoms with Crippen LogP contribution in [0.4, 0.5) is 17.1 Å². The molecule has 0 spiro atoms. The van der Waals surface area contributed by atoms with Crippen molar-refractivity contribution in [2.75, 3.05) is 4.90 Å². The Labute approximate surface area is 279 Å². The van der Waals surface area contributed by atoms with Crippen LogP contribution in [0.2, 0.25) is 0 Å². The topological polar surface area (TPSA) is 30.3 Å². The number of imidazole rings is 1. The highest BCUT2D eigenvalue weighted by atomic mass is 16.5. The second-order valence-electron chi connectivity index (χ2n) is 12.0. The van der Waals surface area contributed by atoms with Crippen LogP contribution in [0.1, 0.15) is 11.1 Å². The van der Waals surface area contributed by atoms with Gasteiger partial charge in [-0.3, -0.25) is 4.57 Å². The summed E-state index contributed by atoms with van der Waals surface area (Å²) >= 11 is 0. The van der Waals surface area contributed by atoms with E-state index in [1.165, 1.54) is 11.1 Å². The molecule has 0 bridgehead atoms.